The van der Waals surface area contributed by atoms with Crippen LogP contribution in [0.4, 0.5) is 0 Å². The molecule has 132 valence electrons. The van der Waals surface area contributed by atoms with Gasteiger partial charge in [0.15, 0.2) is 0 Å². The van der Waals surface area contributed by atoms with E-state index in [9.17, 15) is 0 Å². The number of allylic oxidation sites excluding steroid dienone is 18. The minimum Gasteiger partial charge on any atom is -0.0845 e. The fourth-order valence-electron chi connectivity index (χ4n) is 2.30. The van der Waals surface area contributed by atoms with Crippen LogP contribution in [0.3, 0.4) is 0 Å². The molecule has 0 heterocycles. The molecule has 1 rings (SSSR count). The average molecular weight is 333 g/mol. The summed E-state index contributed by atoms with van der Waals surface area (Å²) in [6.07, 6.45) is 46.5. The third-order valence-corrected chi connectivity index (χ3v) is 3.68. The summed E-state index contributed by atoms with van der Waals surface area (Å²) in [6, 6.07) is 0. The van der Waals surface area contributed by atoms with Crippen molar-refractivity contribution in [2.45, 2.75) is 44.9 Å². The highest BCUT2D eigenvalue weighted by Gasteiger charge is 1.88. The molecule has 0 saturated carbocycles. The first-order chi connectivity index (χ1) is 12.5. The Hall–Kier alpha value is -2.34. The van der Waals surface area contributed by atoms with Crippen molar-refractivity contribution in [2.75, 3.05) is 0 Å². The van der Waals surface area contributed by atoms with Gasteiger partial charge >= 0.3 is 0 Å². The Kier molecular flexibility index (Phi) is 14.9. The van der Waals surface area contributed by atoms with E-state index in [1.165, 1.54) is 44.9 Å². The molecule has 0 fully saturated rings. The lowest BCUT2D eigenvalue weighted by molar-refractivity contribution is 0.622. The van der Waals surface area contributed by atoms with Crippen molar-refractivity contribution in [3.8, 4) is 0 Å². The number of rotatable bonds is 0. The second-order valence-corrected chi connectivity index (χ2v) is 5.90. The van der Waals surface area contributed by atoms with Gasteiger partial charge in [-0.3, -0.25) is 0 Å². The summed E-state index contributed by atoms with van der Waals surface area (Å²) in [6.45, 7) is 0. The van der Waals surface area contributed by atoms with Gasteiger partial charge in [-0.1, -0.05) is 129 Å². The maximum Gasteiger partial charge on any atom is -0.0348 e. The van der Waals surface area contributed by atoms with E-state index in [2.05, 4.69) is 60.8 Å². The molecule has 0 radical (unpaired) electrons. The lowest BCUT2D eigenvalue weighted by Gasteiger charge is -1.97. The van der Waals surface area contributed by atoms with Crippen molar-refractivity contribution in [1.82, 2.24) is 0 Å². The first kappa shape index (κ1) is 20.7. The minimum atomic E-state index is 1.19. The Balaban J connectivity index is 2.46. The molecule has 0 spiro atoms. The summed E-state index contributed by atoms with van der Waals surface area (Å²) in [5, 5.41) is 0. The fraction of sp³-hybridized carbons (Fsp3) is 0.280. The van der Waals surface area contributed by atoms with E-state index in [4.69, 9.17) is 0 Å². The molecule has 0 aromatic rings. The molecule has 1 aliphatic carbocycles. The van der Waals surface area contributed by atoms with Gasteiger partial charge in [0.25, 0.3) is 0 Å². The molecule has 0 unspecified atom stereocenters. The lowest BCUT2D eigenvalue weighted by Crippen LogP contribution is -1.78. The monoisotopic (exact) mass is 332 g/mol. The Morgan fingerprint density at radius 3 is 0.800 bits per heavy atom. The van der Waals surface area contributed by atoms with Crippen LogP contribution in [0, 0.1) is 0 Å². The molecular weight excluding hydrogens is 300 g/mol. The van der Waals surface area contributed by atoms with E-state index in [0.29, 0.717) is 0 Å². The van der Waals surface area contributed by atoms with E-state index < -0.39 is 0 Å². The normalized spacial score (nSPS) is 28.5. The summed E-state index contributed by atoms with van der Waals surface area (Å²) < 4.78 is 0. The highest BCUT2D eigenvalue weighted by molar-refractivity contribution is 5.21. The molecule has 0 heteroatoms. The second-order valence-electron chi connectivity index (χ2n) is 5.90. The Morgan fingerprint density at radius 1 is 0.240 bits per heavy atom. The Morgan fingerprint density at radius 2 is 0.480 bits per heavy atom. The molecule has 0 aromatic carbocycles. The largest absolute Gasteiger partial charge is 0.0845 e. The van der Waals surface area contributed by atoms with Crippen molar-refractivity contribution in [2.24, 2.45) is 0 Å². The van der Waals surface area contributed by atoms with Gasteiger partial charge < -0.3 is 0 Å². The molecule has 0 saturated heterocycles. The second kappa shape index (κ2) is 18.0. The predicted molar refractivity (Wildman–Crippen MR) is 115 cm³/mol. The van der Waals surface area contributed by atoms with Crippen LogP contribution in [0.5, 0.6) is 0 Å². The van der Waals surface area contributed by atoms with E-state index >= 15 is 0 Å². The zero-order valence-corrected chi connectivity index (χ0v) is 15.3. The molecule has 0 nitrogen and oxygen atoms in total. The van der Waals surface area contributed by atoms with Crippen molar-refractivity contribution in [3.05, 3.63) is 109 Å². The smallest absolute Gasteiger partial charge is 0.0348 e. The highest BCUT2D eigenvalue weighted by Crippen LogP contribution is 2.08. The van der Waals surface area contributed by atoms with Crippen LogP contribution in [-0.4, -0.2) is 0 Å². The van der Waals surface area contributed by atoms with Gasteiger partial charge in [0.1, 0.15) is 0 Å². The average Bonchev–Trinajstić information content (AvgIpc) is 2.62. The Labute approximate surface area is 154 Å². The summed E-state index contributed by atoms with van der Waals surface area (Å²) >= 11 is 0. The minimum absolute atomic E-state index is 1.19. The lowest BCUT2D eigenvalue weighted by atomic mass is 10.1. The molecule has 0 aliphatic heterocycles. The highest BCUT2D eigenvalue weighted by atomic mass is 13.9. The van der Waals surface area contributed by atoms with E-state index in [1.807, 2.05) is 48.6 Å². The van der Waals surface area contributed by atoms with Crippen LogP contribution in [-0.2, 0) is 0 Å². The first-order valence-corrected chi connectivity index (χ1v) is 9.48. The quantitative estimate of drug-likeness (QED) is 0.425. The zero-order chi connectivity index (χ0) is 17.7. The first-order valence-electron chi connectivity index (χ1n) is 9.48. The molecule has 0 N–H and O–H groups in total. The van der Waals surface area contributed by atoms with Crippen LogP contribution in [0.25, 0.3) is 0 Å². The van der Waals surface area contributed by atoms with Crippen molar-refractivity contribution < 1.29 is 0 Å². The summed E-state index contributed by atoms with van der Waals surface area (Å²) in [4.78, 5) is 0. The van der Waals surface area contributed by atoms with Gasteiger partial charge in [0, 0.05) is 0 Å². The van der Waals surface area contributed by atoms with E-state index in [1.54, 1.807) is 0 Å². The van der Waals surface area contributed by atoms with Crippen LogP contribution in [0.15, 0.2) is 109 Å². The summed E-state index contributed by atoms with van der Waals surface area (Å²) in [5.74, 6) is 0. The predicted octanol–water partition coefficient (Wildman–Crippen LogP) is 7.74. The van der Waals surface area contributed by atoms with Crippen molar-refractivity contribution in [1.29, 1.82) is 0 Å². The third-order valence-electron chi connectivity index (χ3n) is 3.68. The third kappa shape index (κ3) is 16.3. The van der Waals surface area contributed by atoms with Crippen LogP contribution in [0.1, 0.15) is 44.9 Å². The van der Waals surface area contributed by atoms with Gasteiger partial charge in [-0.25, -0.2) is 0 Å². The van der Waals surface area contributed by atoms with E-state index in [-0.39, 0.29) is 0 Å². The number of hydrogen-bond acceptors (Lipinski definition) is 0. The van der Waals surface area contributed by atoms with Gasteiger partial charge in [0.05, 0.1) is 0 Å². The standard InChI is InChI=1S/C25H32/c1-2-4-6-8-10-12-14-16-18-20-22-24-25-23-21-19-17-15-13-11-9-7-5-3-1/h1-18H,19-25H2/b2-1+,5-3-,6-4-,9-7-,10-8+,13-11+,14-12+,17-15?,18-16-. The van der Waals surface area contributed by atoms with Crippen LogP contribution < -0.4 is 0 Å². The van der Waals surface area contributed by atoms with Crippen LogP contribution >= 0.6 is 0 Å². The van der Waals surface area contributed by atoms with Gasteiger partial charge in [-0.15, -0.1) is 0 Å². The molecule has 25 heavy (non-hydrogen) atoms. The van der Waals surface area contributed by atoms with Gasteiger partial charge in [-0.2, -0.15) is 0 Å². The molecule has 0 atom stereocenters. The van der Waals surface area contributed by atoms with Crippen LogP contribution in [0.2, 0.25) is 0 Å². The van der Waals surface area contributed by atoms with Gasteiger partial charge in [0.2, 0.25) is 0 Å². The van der Waals surface area contributed by atoms with Gasteiger partial charge in [-0.05, 0) is 25.7 Å². The molecule has 0 bridgehead atoms. The molecule has 0 aromatic heterocycles. The fourth-order valence-corrected chi connectivity index (χ4v) is 2.30. The topological polar surface area (TPSA) is 0 Å². The Bertz CT molecular complexity index is 507. The SMILES string of the molecule is C1=CCCCCCCC\C=C/C=C/C=C/C=C\C=C\C=C/C=C\C=C\1. The van der Waals surface area contributed by atoms with E-state index in [0.717, 1.165) is 0 Å². The molecule has 1 aliphatic rings. The number of hydrogen-bond donors (Lipinski definition) is 0. The summed E-state index contributed by atoms with van der Waals surface area (Å²) in [7, 11) is 0. The maximum absolute atomic E-state index is 2.26. The zero-order valence-electron chi connectivity index (χ0n) is 15.3. The van der Waals surface area contributed by atoms with Crippen molar-refractivity contribution in [3.63, 3.8) is 0 Å². The molecular formula is C25H32. The summed E-state index contributed by atoms with van der Waals surface area (Å²) in [5.41, 5.74) is 0. The maximum atomic E-state index is 2.26. The molecule has 0 amide bonds. The van der Waals surface area contributed by atoms with Crippen molar-refractivity contribution >= 4 is 0 Å².